The van der Waals surface area contributed by atoms with E-state index in [9.17, 15) is 5.11 Å². The maximum absolute atomic E-state index is 10.4. The van der Waals surface area contributed by atoms with Crippen molar-refractivity contribution in [2.75, 3.05) is 0 Å². The largest absolute Gasteiger partial charge is 0.456 e. The van der Waals surface area contributed by atoms with E-state index < -0.39 is 22.2 Å². The third kappa shape index (κ3) is 11.6. The summed E-state index contributed by atoms with van der Waals surface area (Å²) < 4.78 is 6.32. The predicted octanol–water partition coefficient (Wildman–Crippen LogP) is 4.93. The Labute approximate surface area is 122 Å². The zero-order valence-corrected chi connectivity index (χ0v) is 16.3. The Balaban J connectivity index is 4.25. The van der Waals surface area contributed by atoms with Gasteiger partial charge in [-0.15, -0.1) is 0 Å². The Morgan fingerprint density at radius 3 is 2.05 bits per heavy atom. The molecule has 0 aliphatic heterocycles. The van der Waals surface area contributed by atoms with Crippen molar-refractivity contribution in [1.82, 2.24) is 0 Å². The second kappa shape index (κ2) is 7.20. The Bertz CT molecular complexity index is 298. The SMILES string of the molecule is CC(C)=CCCC(C)(O)CC[Si](C)(C)O[Si](C)(C)C. The fourth-order valence-electron chi connectivity index (χ4n) is 2.25. The highest BCUT2D eigenvalue weighted by molar-refractivity contribution is 6.84. The second-order valence-corrected chi connectivity index (χ2v) is 16.9. The minimum Gasteiger partial charge on any atom is -0.456 e. The van der Waals surface area contributed by atoms with Crippen LogP contribution < -0.4 is 0 Å². The molecule has 0 bridgehead atoms. The molecular formula is C15H34O2Si2. The molecule has 0 saturated heterocycles. The van der Waals surface area contributed by atoms with Gasteiger partial charge in [0, 0.05) is 0 Å². The lowest BCUT2D eigenvalue weighted by atomic mass is 9.96. The number of hydrogen-bond donors (Lipinski definition) is 1. The molecule has 4 heteroatoms. The van der Waals surface area contributed by atoms with Crippen LogP contribution in [-0.2, 0) is 4.12 Å². The van der Waals surface area contributed by atoms with Gasteiger partial charge in [-0.2, -0.15) is 0 Å². The Kier molecular flexibility index (Phi) is 7.24. The van der Waals surface area contributed by atoms with Gasteiger partial charge in [-0.05, 0) is 78.8 Å². The molecule has 19 heavy (non-hydrogen) atoms. The summed E-state index contributed by atoms with van der Waals surface area (Å²) in [6.07, 6.45) is 4.87. The van der Waals surface area contributed by atoms with Crippen LogP contribution in [0, 0.1) is 0 Å². The van der Waals surface area contributed by atoms with Crippen molar-refractivity contribution in [3.63, 3.8) is 0 Å². The van der Waals surface area contributed by atoms with Crippen molar-refractivity contribution in [3.05, 3.63) is 11.6 Å². The van der Waals surface area contributed by atoms with Crippen LogP contribution in [0.5, 0.6) is 0 Å². The van der Waals surface area contributed by atoms with Gasteiger partial charge in [-0.25, -0.2) is 0 Å². The molecule has 1 atom stereocenters. The van der Waals surface area contributed by atoms with Crippen molar-refractivity contribution < 1.29 is 9.22 Å². The molecule has 0 aromatic rings. The highest BCUT2D eigenvalue weighted by atomic mass is 28.4. The van der Waals surface area contributed by atoms with Gasteiger partial charge in [0.25, 0.3) is 0 Å². The zero-order chi connectivity index (χ0) is 15.3. The minimum absolute atomic E-state index is 0.557. The van der Waals surface area contributed by atoms with Crippen LogP contribution in [0.25, 0.3) is 0 Å². The summed E-state index contributed by atoms with van der Waals surface area (Å²) in [6, 6.07) is 1.04. The van der Waals surface area contributed by atoms with Gasteiger partial charge in [0.15, 0.2) is 16.6 Å². The van der Waals surface area contributed by atoms with Crippen LogP contribution >= 0.6 is 0 Å². The summed E-state index contributed by atoms with van der Waals surface area (Å²) in [5.41, 5.74) is 0.770. The fraction of sp³-hybridized carbons (Fsp3) is 0.867. The van der Waals surface area contributed by atoms with Crippen molar-refractivity contribution in [2.24, 2.45) is 0 Å². The Morgan fingerprint density at radius 2 is 1.63 bits per heavy atom. The van der Waals surface area contributed by atoms with Gasteiger partial charge in [0.05, 0.1) is 5.60 Å². The van der Waals surface area contributed by atoms with Gasteiger partial charge in [0.2, 0.25) is 0 Å². The fourth-order valence-corrected chi connectivity index (χ4v) is 10.4. The van der Waals surface area contributed by atoms with E-state index in [0.717, 1.165) is 25.3 Å². The highest BCUT2D eigenvalue weighted by Crippen LogP contribution is 2.26. The molecule has 0 heterocycles. The predicted molar refractivity (Wildman–Crippen MR) is 90.6 cm³/mol. The molecule has 0 aliphatic carbocycles. The number of hydrogen-bond acceptors (Lipinski definition) is 2. The first-order valence-corrected chi connectivity index (χ1v) is 13.9. The maximum atomic E-state index is 10.4. The van der Waals surface area contributed by atoms with Crippen LogP contribution in [-0.4, -0.2) is 27.3 Å². The molecule has 114 valence electrons. The number of rotatable bonds is 8. The maximum Gasteiger partial charge on any atom is 0.173 e. The van der Waals surface area contributed by atoms with E-state index in [-0.39, 0.29) is 0 Å². The third-order valence-corrected chi connectivity index (χ3v) is 9.20. The molecule has 0 aliphatic rings. The molecule has 0 amide bonds. The zero-order valence-electron chi connectivity index (χ0n) is 14.3. The number of aliphatic hydroxyl groups is 1. The molecular weight excluding hydrogens is 268 g/mol. The third-order valence-electron chi connectivity index (χ3n) is 3.08. The minimum atomic E-state index is -1.62. The van der Waals surface area contributed by atoms with Gasteiger partial charge >= 0.3 is 0 Å². The van der Waals surface area contributed by atoms with Crippen LogP contribution in [0.4, 0.5) is 0 Å². The van der Waals surface area contributed by atoms with Gasteiger partial charge in [-0.1, -0.05) is 11.6 Å². The monoisotopic (exact) mass is 302 g/mol. The van der Waals surface area contributed by atoms with Gasteiger partial charge in [-0.3, -0.25) is 0 Å². The first-order valence-electron chi connectivity index (χ1n) is 7.39. The molecule has 0 fully saturated rings. The molecule has 2 nitrogen and oxygen atoms in total. The second-order valence-electron chi connectivity index (χ2n) is 7.79. The van der Waals surface area contributed by atoms with E-state index in [1.54, 1.807) is 0 Å². The first-order chi connectivity index (χ1) is 8.33. The van der Waals surface area contributed by atoms with Crippen LogP contribution in [0.3, 0.4) is 0 Å². The summed E-state index contributed by atoms with van der Waals surface area (Å²) in [6.45, 7) is 17.5. The van der Waals surface area contributed by atoms with Crippen LogP contribution in [0.1, 0.15) is 40.0 Å². The quantitative estimate of drug-likeness (QED) is 0.509. The molecule has 0 spiro atoms. The smallest absolute Gasteiger partial charge is 0.173 e. The van der Waals surface area contributed by atoms with Crippen molar-refractivity contribution in [1.29, 1.82) is 0 Å². The van der Waals surface area contributed by atoms with E-state index in [1.165, 1.54) is 5.57 Å². The van der Waals surface area contributed by atoms with E-state index in [4.69, 9.17) is 4.12 Å². The van der Waals surface area contributed by atoms with E-state index in [1.807, 2.05) is 6.92 Å². The van der Waals surface area contributed by atoms with E-state index in [0.29, 0.717) is 0 Å². The summed E-state index contributed by atoms with van der Waals surface area (Å²) in [5, 5.41) is 10.4. The van der Waals surface area contributed by atoms with Crippen molar-refractivity contribution in [3.8, 4) is 0 Å². The number of allylic oxidation sites excluding steroid dienone is 2. The Hall–Kier alpha value is 0.0938. The molecule has 1 N–H and O–H groups in total. The normalized spacial score (nSPS) is 16.1. The lowest BCUT2D eigenvalue weighted by Gasteiger charge is -2.34. The van der Waals surface area contributed by atoms with Crippen molar-refractivity contribution in [2.45, 2.75) is 84.4 Å². The summed E-state index contributed by atoms with van der Waals surface area (Å²) >= 11 is 0. The Morgan fingerprint density at radius 1 is 1.11 bits per heavy atom. The molecule has 0 aromatic heterocycles. The summed E-state index contributed by atoms with van der Waals surface area (Å²) in [4.78, 5) is 0. The first kappa shape index (κ1) is 19.1. The topological polar surface area (TPSA) is 29.5 Å². The summed E-state index contributed by atoms with van der Waals surface area (Å²) in [5.74, 6) is 0. The lowest BCUT2D eigenvalue weighted by Crippen LogP contribution is -2.43. The molecule has 0 aromatic carbocycles. The van der Waals surface area contributed by atoms with Crippen LogP contribution in [0.15, 0.2) is 11.6 Å². The van der Waals surface area contributed by atoms with E-state index >= 15 is 0 Å². The molecule has 0 saturated carbocycles. The summed E-state index contributed by atoms with van der Waals surface area (Å²) in [7, 11) is -3.08. The van der Waals surface area contributed by atoms with Crippen molar-refractivity contribution >= 4 is 16.6 Å². The average Bonchev–Trinajstić information content (AvgIpc) is 2.10. The standard InChI is InChI=1S/C15H34O2Si2/c1-14(2)10-9-11-15(3,16)12-13-19(7,8)17-18(4,5)6/h10,16H,9,11-13H2,1-8H3. The molecule has 0 rings (SSSR count). The van der Waals surface area contributed by atoms with E-state index in [2.05, 4.69) is 52.7 Å². The van der Waals surface area contributed by atoms with Gasteiger partial charge in [0.1, 0.15) is 0 Å². The lowest BCUT2D eigenvalue weighted by molar-refractivity contribution is 0.0470. The van der Waals surface area contributed by atoms with Gasteiger partial charge < -0.3 is 9.22 Å². The highest BCUT2D eigenvalue weighted by Gasteiger charge is 2.32. The molecule has 0 radical (unpaired) electrons. The molecule has 1 unspecified atom stereocenters. The average molecular weight is 303 g/mol. The van der Waals surface area contributed by atoms with Crippen LogP contribution in [0.2, 0.25) is 38.8 Å².